The summed E-state index contributed by atoms with van der Waals surface area (Å²) in [5.41, 5.74) is 0.343. The van der Waals surface area contributed by atoms with Gasteiger partial charge in [0.15, 0.2) is 0 Å². The highest BCUT2D eigenvalue weighted by Crippen LogP contribution is 2.14. The summed E-state index contributed by atoms with van der Waals surface area (Å²) in [6.07, 6.45) is 0. The van der Waals surface area contributed by atoms with Crippen LogP contribution < -0.4 is 16.0 Å². The van der Waals surface area contributed by atoms with Crippen LogP contribution in [0.15, 0.2) is 12.1 Å². The molecule has 18 heavy (non-hydrogen) atoms. The van der Waals surface area contributed by atoms with Crippen LogP contribution >= 0.6 is 11.6 Å². The number of hydrogen-bond donors (Lipinski definition) is 3. The number of nitrogens with zero attached hydrogens (tertiary/aromatic N) is 1. The van der Waals surface area contributed by atoms with Gasteiger partial charge in [-0.25, -0.2) is 4.98 Å². The van der Waals surface area contributed by atoms with Crippen LogP contribution in [0.3, 0.4) is 0 Å². The second-order valence-corrected chi connectivity index (χ2v) is 4.01. The minimum absolute atomic E-state index is 0.208. The molecule has 0 spiro atoms. The molecular formula is C11H15ClN4O2. The van der Waals surface area contributed by atoms with Crippen LogP contribution in [0.25, 0.3) is 0 Å². The van der Waals surface area contributed by atoms with E-state index in [-0.39, 0.29) is 17.0 Å². The van der Waals surface area contributed by atoms with Crippen LogP contribution in [0.4, 0.5) is 5.82 Å². The van der Waals surface area contributed by atoms with E-state index in [2.05, 4.69) is 20.9 Å². The van der Waals surface area contributed by atoms with Gasteiger partial charge in [0.1, 0.15) is 17.0 Å². The lowest BCUT2D eigenvalue weighted by atomic mass is 10.2. The van der Waals surface area contributed by atoms with Crippen LogP contribution in [0.5, 0.6) is 0 Å². The molecule has 6 nitrogen and oxygen atoms in total. The topological polar surface area (TPSA) is 83.1 Å². The molecule has 1 aromatic rings. The van der Waals surface area contributed by atoms with Crippen molar-refractivity contribution < 1.29 is 9.59 Å². The Morgan fingerprint density at radius 3 is 2.56 bits per heavy atom. The van der Waals surface area contributed by atoms with E-state index in [0.717, 1.165) is 0 Å². The Labute approximate surface area is 110 Å². The fraction of sp³-hybridized carbons (Fsp3) is 0.364. The monoisotopic (exact) mass is 270 g/mol. The van der Waals surface area contributed by atoms with Crippen LogP contribution in [0, 0.1) is 0 Å². The third kappa shape index (κ3) is 3.59. The van der Waals surface area contributed by atoms with Gasteiger partial charge in [0.05, 0.1) is 0 Å². The normalized spacial score (nSPS) is 11.6. The second-order valence-electron chi connectivity index (χ2n) is 3.62. The lowest BCUT2D eigenvalue weighted by Crippen LogP contribution is -2.43. The van der Waals surface area contributed by atoms with Crippen molar-refractivity contribution >= 4 is 29.2 Å². The largest absolute Gasteiger partial charge is 0.373 e. The molecule has 2 amide bonds. The van der Waals surface area contributed by atoms with E-state index in [1.54, 1.807) is 20.0 Å². The van der Waals surface area contributed by atoms with Gasteiger partial charge < -0.3 is 16.0 Å². The van der Waals surface area contributed by atoms with Crippen molar-refractivity contribution in [3.63, 3.8) is 0 Å². The molecule has 0 aliphatic heterocycles. The minimum Gasteiger partial charge on any atom is -0.373 e. The van der Waals surface area contributed by atoms with E-state index < -0.39 is 6.04 Å². The van der Waals surface area contributed by atoms with Crippen molar-refractivity contribution in [2.45, 2.75) is 13.0 Å². The number of nitrogens with one attached hydrogen (secondary N) is 3. The zero-order valence-corrected chi connectivity index (χ0v) is 11.1. The van der Waals surface area contributed by atoms with Gasteiger partial charge in [0.25, 0.3) is 5.91 Å². The lowest BCUT2D eigenvalue weighted by Gasteiger charge is -2.12. The summed E-state index contributed by atoms with van der Waals surface area (Å²) in [7, 11) is 3.18. The molecule has 0 aliphatic rings. The van der Waals surface area contributed by atoms with Crippen molar-refractivity contribution in [2.75, 3.05) is 19.4 Å². The molecule has 1 aromatic heterocycles. The molecule has 3 N–H and O–H groups in total. The maximum Gasteiger partial charge on any atom is 0.252 e. The highest BCUT2D eigenvalue weighted by atomic mass is 35.5. The fourth-order valence-corrected chi connectivity index (χ4v) is 1.53. The molecule has 0 radical (unpaired) electrons. The van der Waals surface area contributed by atoms with E-state index in [1.807, 2.05) is 0 Å². The summed E-state index contributed by atoms with van der Waals surface area (Å²) >= 11 is 5.79. The predicted octanol–water partition coefficient (Wildman–Crippen LogP) is 0.641. The highest BCUT2D eigenvalue weighted by molar-refractivity contribution is 6.29. The SMILES string of the molecule is CNC(=O)C(C)NC(=O)c1cc(Cl)nc(NC)c1. The average Bonchev–Trinajstić information content (AvgIpc) is 2.36. The van der Waals surface area contributed by atoms with Gasteiger partial charge in [-0.1, -0.05) is 11.6 Å². The molecule has 0 saturated heterocycles. The number of hydrogen-bond acceptors (Lipinski definition) is 4. The van der Waals surface area contributed by atoms with E-state index in [4.69, 9.17) is 11.6 Å². The summed E-state index contributed by atoms with van der Waals surface area (Å²) in [5.74, 6) is -0.163. The second kappa shape index (κ2) is 6.20. The minimum atomic E-state index is -0.618. The Bertz CT molecular complexity index is 464. The van der Waals surface area contributed by atoms with Crippen LogP contribution in [0.2, 0.25) is 5.15 Å². The van der Waals surface area contributed by atoms with Crippen LogP contribution in [0.1, 0.15) is 17.3 Å². The maximum absolute atomic E-state index is 11.9. The van der Waals surface area contributed by atoms with Gasteiger partial charge in [-0.3, -0.25) is 9.59 Å². The van der Waals surface area contributed by atoms with Crippen molar-refractivity contribution in [3.8, 4) is 0 Å². The fourth-order valence-electron chi connectivity index (χ4n) is 1.32. The number of aromatic nitrogens is 1. The van der Waals surface area contributed by atoms with E-state index >= 15 is 0 Å². The lowest BCUT2D eigenvalue weighted by molar-refractivity contribution is -0.122. The molecule has 7 heteroatoms. The zero-order valence-electron chi connectivity index (χ0n) is 10.4. The molecule has 98 valence electrons. The summed E-state index contributed by atoms with van der Waals surface area (Å²) in [6.45, 7) is 1.60. The summed E-state index contributed by atoms with van der Waals surface area (Å²) in [5, 5.41) is 8.01. The zero-order chi connectivity index (χ0) is 13.7. The Kier molecular flexibility index (Phi) is 4.91. The van der Waals surface area contributed by atoms with E-state index in [0.29, 0.717) is 11.4 Å². The highest BCUT2D eigenvalue weighted by Gasteiger charge is 2.16. The number of carbonyl (C=O) groups excluding carboxylic acids is 2. The first-order chi connectivity index (χ1) is 8.47. The Morgan fingerprint density at radius 2 is 2.00 bits per heavy atom. The van der Waals surface area contributed by atoms with E-state index in [1.165, 1.54) is 13.1 Å². The van der Waals surface area contributed by atoms with E-state index in [9.17, 15) is 9.59 Å². The number of amides is 2. The molecule has 0 saturated carbocycles. The number of rotatable bonds is 4. The van der Waals surface area contributed by atoms with Gasteiger partial charge in [0, 0.05) is 19.7 Å². The Hall–Kier alpha value is -1.82. The molecule has 1 atom stereocenters. The molecule has 1 unspecified atom stereocenters. The molecule has 0 bridgehead atoms. The van der Waals surface area contributed by atoms with Crippen molar-refractivity contribution in [2.24, 2.45) is 0 Å². The van der Waals surface area contributed by atoms with Crippen molar-refractivity contribution in [1.82, 2.24) is 15.6 Å². The molecule has 0 fully saturated rings. The average molecular weight is 271 g/mol. The van der Waals surface area contributed by atoms with Gasteiger partial charge in [0.2, 0.25) is 5.91 Å². The van der Waals surface area contributed by atoms with Gasteiger partial charge in [-0.05, 0) is 19.1 Å². The van der Waals surface area contributed by atoms with Crippen molar-refractivity contribution in [3.05, 3.63) is 22.8 Å². The van der Waals surface area contributed by atoms with Gasteiger partial charge in [-0.2, -0.15) is 0 Å². The summed E-state index contributed by atoms with van der Waals surface area (Å²) < 4.78 is 0. The number of halogens is 1. The predicted molar refractivity (Wildman–Crippen MR) is 69.8 cm³/mol. The standard InChI is InChI=1S/C11H15ClN4O2/c1-6(10(17)14-3)15-11(18)7-4-8(12)16-9(5-7)13-2/h4-6H,1-3H3,(H,13,16)(H,14,17)(H,15,18). The van der Waals surface area contributed by atoms with Gasteiger partial charge >= 0.3 is 0 Å². The quantitative estimate of drug-likeness (QED) is 0.701. The number of anilines is 1. The summed E-state index contributed by atoms with van der Waals surface area (Å²) in [4.78, 5) is 27.1. The molecule has 1 rings (SSSR count). The number of carbonyl (C=O) groups is 2. The molecular weight excluding hydrogens is 256 g/mol. The molecule has 0 aliphatic carbocycles. The first kappa shape index (κ1) is 14.2. The van der Waals surface area contributed by atoms with Gasteiger partial charge in [-0.15, -0.1) is 0 Å². The maximum atomic E-state index is 11.9. The Morgan fingerprint density at radius 1 is 1.33 bits per heavy atom. The third-order valence-corrected chi connectivity index (χ3v) is 2.49. The van der Waals surface area contributed by atoms with Crippen LogP contribution in [-0.2, 0) is 4.79 Å². The third-order valence-electron chi connectivity index (χ3n) is 2.30. The van der Waals surface area contributed by atoms with Crippen LogP contribution in [-0.4, -0.2) is 36.9 Å². The smallest absolute Gasteiger partial charge is 0.252 e. The summed E-state index contributed by atoms with van der Waals surface area (Å²) in [6, 6.07) is 2.37. The Balaban J connectivity index is 2.84. The first-order valence-electron chi connectivity index (χ1n) is 5.35. The molecule has 1 heterocycles. The number of likely N-dealkylation sites (N-methyl/N-ethyl adjacent to an activating group) is 1. The number of pyridine rings is 1. The molecule has 0 aromatic carbocycles. The van der Waals surface area contributed by atoms with Crippen molar-refractivity contribution in [1.29, 1.82) is 0 Å². The first-order valence-corrected chi connectivity index (χ1v) is 5.73.